The highest BCUT2D eigenvalue weighted by atomic mass is 16.5. The lowest BCUT2D eigenvalue weighted by Crippen LogP contribution is -2.20. The highest BCUT2D eigenvalue weighted by Crippen LogP contribution is 2.33. The van der Waals surface area contributed by atoms with Crippen LogP contribution in [0.2, 0.25) is 0 Å². The maximum absolute atomic E-state index is 8.54. The van der Waals surface area contributed by atoms with E-state index >= 15 is 0 Å². The van der Waals surface area contributed by atoms with E-state index in [4.69, 9.17) is 10.1 Å². The lowest BCUT2D eigenvalue weighted by molar-refractivity contribution is 0.392. The van der Waals surface area contributed by atoms with Gasteiger partial charge >= 0.3 is 0 Å². The minimum Gasteiger partial charge on any atom is -0.366 e. The van der Waals surface area contributed by atoms with Crippen LogP contribution in [0.3, 0.4) is 0 Å². The number of aryl methyl sites for hydroxylation is 2. The Bertz CT molecular complexity index is 680. The van der Waals surface area contributed by atoms with Crippen molar-refractivity contribution in [3.8, 4) is 0 Å². The van der Waals surface area contributed by atoms with Crippen LogP contribution in [0.1, 0.15) is 22.6 Å². The van der Waals surface area contributed by atoms with Crippen molar-refractivity contribution >= 4 is 11.4 Å². The maximum atomic E-state index is 8.54. The molecule has 6 nitrogen and oxygen atoms in total. The molecule has 0 spiro atoms. The molecule has 0 saturated carbocycles. The zero-order chi connectivity index (χ0) is 14.1. The Morgan fingerprint density at radius 2 is 2.30 bits per heavy atom. The second-order valence-corrected chi connectivity index (χ2v) is 4.98. The first-order valence-corrected chi connectivity index (χ1v) is 6.54. The number of hydrogen-bond donors (Lipinski definition) is 0. The van der Waals surface area contributed by atoms with Crippen molar-refractivity contribution in [1.29, 1.82) is 0 Å². The van der Waals surface area contributed by atoms with E-state index in [0.717, 1.165) is 42.2 Å². The second-order valence-electron chi connectivity index (χ2n) is 4.98. The van der Waals surface area contributed by atoms with Crippen LogP contribution >= 0.6 is 0 Å². The Labute approximate surface area is 116 Å². The molecular formula is C14H15N5O. The van der Waals surface area contributed by atoms with Gasteiger partial charge in [0.2, 0.25) is 0 Å². The Kier molecular flexibility index (Phi) is 3.08. The van der Waals surface area contributed by atoms with Crippen LogP contribution in [-0.2, 0) is 13.0 Å². The monoisotopic (exact) mass is 269 g/mol. The van der Waals surface area contributed by atoms with Gasteiger partial charge in [-0.3, -0.25) is 0 Å². The normalized spacial score (nSPS) is 13.2. The van der Waals surface area contributed by atoms with E-state index in [2.05, 4.69) is 20.1 Å². The van der Waals surface area contributed by atoms with E-state index in [1.807, 2.05) is 32.0 Å². The van der Waals surface area contributed by atoms with Gasteiger partial charge in [-0.15, -0.1) is 0 Å². The number of anilines is 1. The summed E-state index contributed by atoms with van der Waals surface area (Å²) >= 11 is 0. The van der Waals surface area contributed by atoms with Crippen LogP contribution in [0.15, 0.2) is 27.8 Å². The van der Waals surface area contributed by atoms with Gasteiger partial charge in [-0.2, -0.15) is 0 Å². The standard InChI is InChI=1S/C14H15N5O/c1-9-13(10(2)20-17-9)8-19-6-5-11-3-4-12(16-18-15)7-14(11)19/h3-4,7H,5-6,8H2,1-2H3. The fourth-order valence-electron chi connectivity index (χ4n) is 2.63. The Morgan fingerprint density at radius 1 is 1.45 bits per heavy atom. The van der Waals surface area contributed by atoms with E-state index in [1.54, 1.807) is 0 Å². The highest BCUT2D eigenvalue weighted by molar-refractivity contribution is 5.64. The predicted molar refractivity (Wildman–Crippen MR) is 76.0 cm³/mol. The number of fused-ring (bicyclic) bond motifs is 1. The molecular weight excluding hydrogens is 254 g/mol. The Balaban J connectivity index is 1.92. The third-order valence-corrected chi connectivity index (χ3v) is 3.75. The maximum Gasteiger partial charge on any atom is 0.138 e. The third-order valence-electron chi connectivity index (χ3n) is 3.75. The number of hydrogen-bond acceptors (Lipinski definition) is 4. The van der Waals surface area contributed by atoms with Crippen molar-refractivity contribution in [3.63, 3.8) is 0 Å². The second kappa shape index (κ2) is 4.90. The Hall–Kier alpha value is -2.46. The summed E-state index contributed by atoms with van der Waals surface area (Å²) in [6, 6.07) is 5.84. The minimum absolute atomic E-state index is 0.650. The summed E-state index contributed by atoms with van der Waals surface area (Å²) in [7, 11) is 0. The number of azide groups is 1. The molecule has 1 aromatic carbocycles. The molecule has 102 valence electrons. The van der Waals surface area contributed by atoms with Gasteiger partial charge in [0, 0.05) is 34.9 Å². The van der Waals surface area contributed by atoms with Gasteiger partial charge in [-0.25, -0.2) is 0 Å². The summed E-state index contributed by atoms with van der Waals surface area (Å²) < 4.78 is 5.21. The summed E-state index contributed by atoms with van der Waals surface area (Å²) in [5.41, 5.74) is 13.7. The smallest absolute Gasteiger partial charge is 0.138 e. The molecule has 2 heterocycles. The number of aromatic nitrogens is 1. The molecule has 0 unspecified atom stereocenters. The number of benzene rings is 1. The van der Waals surface area contributed by atoms with E-state index in [1.165, 1.54) is 5.56 Å². The van der Waals surface area contributed by atoms with Crippen molar-refractivity contribution < 1.29 is 4.52 Å². The number of rotatable bonds is 3. The van der Waals surface area contributed by atoms with E-state index in [0.29, 0.717) is 5.69 Å². The van der Waals surface area contributed by atoms with E-state index in [-0.39, 0.29) is 0 Å². The molecule has 2 aromatic rings. The van der Waals surface area contributed by atoms with Gasteiger partial charge in [0.15, 0.2) is 0 Å². The Morgan fingerprint density at radius 3 is 3.00 bits per heavy atom. The molecule has 0 atom stereocenters. The third kappa shape index (κ3) is 2.10. The van der Waals surface area contributed by atoms with E-state index in [9.17, 15) is 0 Å². The predicted octanol–water partition coefficient (Wildman–Crippen LogP) is 3.80. The van der Waals surface area contributed by atoms with Gasteiger partial charge in [-0.05, 0) is 37.4 Å². The fraction of sp³-hybridized carbons (Fsp3) is 0.357. The quantitative estimate of drug-likeness (QED) is 0.483. The molecule has 1 aliphatic rings. The molecule has 0 saturated heterocycles. The van der Waals surface area contributed by atoms with Gasteiger partial charge < -0.3 is 9.42 Å². The molecule has 0 amide bonds. The van der Waals surface area contributed by atoms with Crippen molar-refractivity contribution in [2.75, 3.05) is 11.4 Å². The fourth-order valence-corrected chi connectivity index (χ4v) is 2.63. The van der Waals surface area contributed by atoms with Gasteiger partial charge in [-0.1, -0.05) is 22.4 Å². The lowest BCUT2D eigenvalue weighted by atomic mass is 10.1. The summed E-state index contributed by atoms with van der Waals surface area (Å²) in [4.78, 5) is 5.12. The summed E-state index contributed by atoms with van der Waals surface area (Å²) in [6.45, 7) is 5.62. The molecule has 3 rings (SSSR count). The van der Waals surface area contributed by atoms with Gasteiger partial charge in [0.1, 0.15) is 5.76 Å². The average molecular weight is 269 g/mol. The summed E-state index contributed by atoms with van der Waals surface area (Å²) in [5.74, 6) is 0.863. The zero-order valence-corrected chi connectivity index (χ0v) is 11.5. The molecule has 20 heavy (non-hydrogen) atoms. The highest BCUT2D eigenvalue weighted by Gasteiger charge is 2.21. The largest absolute Gasteiger partial charge is 0.366 e. The topological polar surface area (TPSA) is 78.0 Å². The molecule has 1 aromatic heterocycles. The lowest BCUT2D eigenvalue weighted by Gasteiger charge is -2.19. The van der Waals surface area contributed by atoms with Crippen LogP contribution < -0.4 is 4.90 Å². The zero-order valence-electron chi connectivity index (χ0n) is 11.5. The molecule has 1 aliphatic heterocycles. The molecule has 0 bridgehead atoms. The molecule has 0 N–H and O–H groups in total. The van der Waals surface area contributed by atoms with Crippen LogP contribution in [0.5, 0.6) is 0 Å². The summed E-state index contributed by atoms with van der Waals surface area (Å²) in [5, 5.41) is 7.67. The first-order valence-electron chi connectivity index (χ1n) is 6.54. The van der Waals surface area contributed by atoms with Crippen LogP contribution in [0.25, 0.3) is 10.4 Å². The first-order chi connectivity index (χ1) is 9.69. The van der Waals surface area contributed by atoms with Crippen molar-refractivity contribution in [1.82, 2.24) is 5.16 Å². The minimum atomic E-state index is 0.650. The van der Waals surface area contributed by atoms with Gasteiger partial charge in [0.25, 0.3) is 0 Å². The van der Waals surface area contributed by atoms with Gasteiger partial charge in [0.05, 0.1) is 5.69 Å². The molecule has 0 aliphatic carbocycles. The number of nitrogens with zero attached hydrogens (tertiary/aromatic N) is 5. The van der Waals surface area contributed by atoms with Crippen molar-refractivity contribution in [2.24, 2.45) is 5.11 Å². The molecule has 6 heteroatoms. The average Bonchev–Trinajstić information content (AvgIpc) is 2.98. The molecule has 0 fully saturated rings. The van der Waals surface area contributed by atoms with Crippen molar-refractivity contribution in [3.05, 3.63) is 51.2 Å². The van der Waals surface area contributed by atoms with Crippen LogP contribution in [-0.4, -0.2) is 11.7 Å². The summed E-state index contributed by atoms with van der Waals surface area (Å²) in [6.07, 6.45) is 1.01. The van der Waals surface area contributed by atoms with Crippen LogP contribution in [0.4, 0.5) is 11.4 Å². The SMILES string of the molecule is Cc1noc(C)c1CN1CCc2ccc(N=[N+]=[N-])cc21. The first kappa shape index (κ1) is 12.6. The van der Waals surface area contributed by atoms with E-state index < -0.39 is 0 Å². The molecule has 0 radical (unpaired) electrons. The van der Waals surface area contributed by atoms with Crippen LogP contribution in [0, 0.1) is 13.8 Å². The van der Waals surface area contributed by atoms with Crippen molar-refractivity contribution in [2.45, 2.75) is 26.8 Å².